The van der Waals surface area contributed by atoms with Gasteiger partial charge in [0, 0.05) is 43.7 Å². The molecule has 1 aromatic carbocycles. The van der Waals surface area contributed by atoms with E-state index in [1.165, 1.54) is 0 Å². The minimum Gasteiger partial charge on any atom is -0.376 e. The monoisotopic (exact) mass is 469 g/mol. The summed E-state index contributed by atoms with van der Waals surface area (Å²) in [5.41, 5.74) is 5.23. The summed E-state index contributed by atoms with van der Waals surface area (Å²) in [6, 6.07) is 14.1. The van der Waals surface area contributed by atoms with Gasteiger partial charge in [0.2, 0.25) is 0 Å². The zero-order valence-electron chi connectivity index (χ0n) is 20.5. The molecule has 1 atom stereocenters. The maximum Gasteiger partial charge on any atom is 0.255 e. The number of nitrogens with zero attached hydrogens (tertiary/aromatic N) is 5. The van der Waals surface area contributed by atoms with Gasteiger partial charge in [0.15, 0.2) is 5.65 Å². The Morgan fingerprint density at radius 3 is 2.77 bits per heavy atom. The molecule has 5 rings (SSSR count). The van der Waals surface area contributed by atoms with E-state index in [0.717, 1.165) is 52.9 Å². The van der Waals surface area contributed by atoms with Crippen LogP contribution in [0.4, 0.5) is 0 Å². The largest absolute Gasteiger partial charge is 0.376 e. The molecule has 7 nitrogen and oxygen atoms in total. The van der Waals surface area contributed by atoms with Gasteiger partial charge in [-0.15, -0.1) is 0 Å². The van der Waals surface area contributed by atoms with Crippen LogP contribution in [0.25, 0.3) is 22.3 Å². The first kappa shape index (κ1) is 23.2. The molecular weight excluding hydrogens is 438 g/mol. The third-order valence-corrected chi connectivity index (χ3v) is 6.54. The zero-order chi connectivity index (χ0) is 24.4. The highest BCUT2D eigenvalue weighted by atomic mass is 16.5. The van der Waals surface area contributed by atoms with E-state index < -0.39 is 0 Å². The predicted octanol–water partition coefficient (Wildman–Crippen LogP) is 5.20. The molecule has 1 aliphatic heterocycles. The van der Waals surface area contributed by atoms with Gasteiger partial charge in [-0.3, -0.25) is 9.78 Å². The van der Waals surface area contributed by atoms with E-state index in [4.69, 9.17) is 9.72 Å². The van der Waals surface area contributed by atoms with Gasteiger partial charge in [0.1, 0.15) is 0 Å². The van der Waals surface area contributed by atoms with E-state index >= 15 is 0 Å². The second kappa shape index (κ2) is 9.96. The van der Waals surface area contributed by atoms with E-state index in [2.05, 4.69) is 36.9 Å². The van der Waals surface area contributed by atoms with Gasteiger partial charge >= 0.3 is 0 Å². The van der Waals surface area contributed by atoms with Crippen LogP contribution in [-0.4, -0.2) is 49.8 Å². The SMILES string of the molecule is Cc1ccccc1-c1cc(C(=O)N(Cc2cccnc2)CC2CCCO2)c2cnn(C(C)C)c2n1. The number of hydrogen-bond donors (Lipinski definition) is 0. The zero-order valence-corrected chi connectivity index (χ0v) is 20.5. The standard InChI is InChI=1S/C28H31N5O2/c1-19(2)33-27-25(16-30-33)24(14-26(31-27)23-11-5-4-8-20(23)3)28(34)32(18-22-10-7-13-35-22)17-21-9-6-12-29-15-21/h4-6,8-9,11-12,14-16,19,22H,7,10,13,17-18H2,1-3H3. The van der Waals surface area contributed by atoms with Crippen molar-refractivity contribution in [2.45, 2.75) is 52.3 Å². The Bertz CT molecular complexity index is 1330. The molecule has 0 radical (unpaired) electrons. The summed E-state index contributed by atoms with van der Waals surface area (Å²) in [5, 5.41) is 5.36. The fourth-order valence-electron chi connectivity index (χ4n) is 4.71. The number of ether oxygens (including phenoxy) is 1. The number of aryl methyl sites for hydroxylation is 1. The number of hydrogen-bond acceptors (Lipinski definition) is 5. The quantitative estimate of drug-likeness (QED) is 0.372. The van der Waals surface area contributed by atoms with Crippen LogP contribution in [0.15, 0.2) is 61.1 Å². The molecule has 0 N–H and O–H groups in total. The summed E-state index contributed by atoms with van der Waals surface area (Å²) in [5.74, 6) is -0.0464. The molecule has 0 bridgehead atoms. The fraction of sp³-hybridized carbons (Fsp3) is 0.357. The molecule has 1 saturated heterocycles. The van der Waals surface area contributed by atoms with Crippen molar-refractivity contribution >= 4 is 16.9 Å². The van der Waals surface area contributed by atoms with Crippen LogP contribution in [0.2, 0.25) is 0 Å². The minimum atomic E-state index is -0.0464. The minimum absolute atomic E-state index is 0.0437. The topological polar surface area (TPSA) is 73.1 Å². The lowest BCUT2D eigenvalue weighted by Crippen LogP contribution is -2.37. The predicted molar refractivity (Wildman–Crippen MR) is 136 cm³/mol. The Kier molecular flexibility index (Phi) is 6.59. The molecule has 1 fully saturated rings. The number of benzene rings is 1. The number of amides is 1. The summed E-state index contributed by atoms with van der Waals surface area (Å²) in [7, 11) is 0. The fourth-order valence-corrected chi connectivity index (χ4v) is 4.71. The first-order chi connectivity index (χ1) is 17.0. The van der Waals surface area contributed by atoms with Gasteiger partial charge in [-0.05, 0) is 56.9 Å². The lowest BCUT2D eigenvalue weighted by Gasteiger charge is -2.26. The number of pyridine rings is 2. The third kappa shape index (κ3) is 4.82. The number of fused-ring (bicyclic) bond motifs is 1. The number of carbonyl (C=O) groups excluding carboxylic acids is 1. The molecular formula is C28H31N5O2. The normalized spacial score (nSPS) is 15.7. The molecule has 1 aliphatic rings. The Morgan fingerprint density at radius 1 is 1.20 bits per heavy atom. The molecule has 1 amide bonds. The molecule has 3 aromatic heterocycles. The van der Waals surface area contributed by atoms with Crippen molar-refractivity contribution in [2.75, 3.05) is 13.2 Å². The summed E-state index contributed by atoms with van der Waals surface area (Å²) in [6.45, 7) is 7.96. The van der Waals surface area contributed by atoms with Gasteiger partial charge in [-0.1, -0.05) is 30.3 Å². The molecule has 4 heterocycles. The molecule has 0 spiro atoms. The molecule has 35 heavy (non-hydrogen) atoms. The van der Waals surface area contributed by atoms with Crippen molar-refractivity contribution in [3.63, 3.8) is 0 Å². The van der Waals surface area contributed by atoms with Crippen molar-refractivity contribution < 1.29 is 9.53 Å². The summed E-state index contributed by atoms with van der Waals surface area (Å²) in [6.07, 6.45) is 7.36. The first-order valence-electron chi connectivity index (χ1n) is 12.3. The summed E-state index contributed by atoms with van der Waals surface area (Å²) >= 11 is 0. The molecule has 180 valence electrons. The maximum absolute atomic E-state index is 14.2. The highest BCUT2D eigenvalue weighted by Crippen LogP contribution is 2.29. The molecule has 4 aromatic rings. The van der Waals surface area contributed by atoms with Crippen molar-refractivity contribution in [3.05, 3.63) is 77.7 Å². The number of aromatic nitrogens is 4. The van der Waals surface area contributed by atoms with Crippen LogP contribution in [0.3, 0.4) is 0 Å². The van der Waals surface area contributed by atoms with Crippen molar-refractivity contribution in [1.82, 2.24) is 24.6 Å². The Balaban J connectivity index is 1.62. The number of rotatable bonds is 7. The van der Waals surface area contributed by atoms with E-state index in [0.29, 0.717) is 18.7 Å². The lowest BCUT2D eigenvalue weighted by molar-refractivity contribution is 0.0508. The highest BCUT2D eigenvalue weighted by Gasteiger charge is 2.27. The van der Waals surface area contributed by atoms with E-state index in [1.807, 2.05) is 52.2 Å². The second-order valence-electron chi connectivity index (χ2n) is 9.47. The van der Waals surface area contributed by atoms with E-state index in [9.17, 15) is 4.79 Å². The smallest absolute Gasteiger partial charge is 0.255 e. The van der Waals surface area contributed by atoms with E-state index in [-0.39, 0.29) is 18.1 Å². The van der Waals surface area contributed by atoms with Crippen LogP contribution in [0, 0.1) is 6.92 Å². The lowest BCUT2D eigenvalue weighted by atomic mass is 10.0. The van der Waals surface area contributed by atoms with Crippen LogP contribution in [-0.2, 0) is 11.3 Å². The molecule has 7 heteroatoms. The first-order valence-corrected chi connectivity index (χ1v) is 12.3. The second-order valence-corrected chi connectivity index (χ2v) is 9.47. The highest BCUT2D eigenvalue weighted by molar-refractivity contribution is 6.06. The third-order valence-electron chi connectivity index (χ3n) is 6.54. The van der Waals surface area contributed by atoms with Gasteiger partial charge in [-0.25, -0.2) is 9.67 Å². The molecule has 0 aliphatic carbocycles. The van der Waals surface area contributed by atoms with Crippen molar-refractivity contribution in [3.8, 4) is 11.3 Å². The van der Waals surface area contributed by atoms with Gasteiger partial charge in [0.05, 0.1) is 28.9 Å². The Hall–Kier alpha value is -3.58. The van der Waals surface area contributed by atoms with Gasteiger partial charge in [-0.2, -0.15) is 5.10 Å². The molecule has 1 unspecified atom stereocenters. The van der Waals surface area contributed by atoms with Gasteiger partial charge < -0.3 is 9.64 Å². The van der Waals surface area contributed by atoms with Crippen molar-refractivity contribution in [1.29, 1.82) is 0 Å². The van der Waals surface area contributed by atoms with Crippen LogP contribution < -0.4 is 0 Å². The van der Waals surface area contributed by atoms with Crippen LogP contribution in [0.1, 0.15) is 54.2 Å². The molecule has 0 saturated carbocycles. The Labute approximate surface area is 205 Å². The van der Waals surface area contributed by atoms with Crippen LogP contribution in [0.5, 0.6) is 0 Å². The Morgan fingerprint density at radius 2 is 2.06 bits per heavy atom. The number of carbonyl (C=O) groups is 1. The summed E-state index contributed by atoms with van der Waals surface area (Å²) < 4.78 is 7.79. The maximum atomic E-state index is 14.2. The van der Waals surface area contributed by atoms with Gasteiger partial charge in [0.25, 0.3) is 5.91 Å². The average molecular weight is 470 g/mol. The average Bonchev–Trinajstić information content (AvgIpc) is 3.53. The van der Waals surface area contributed by atoms with Crippen molar-refractivity contribution in [2.24, 2.45) is 0 Å². The summed E-state index contributed by atoms with van der Waals surface area (Å²) in [4.78, 5) is 25.3. The van der Waals surface area contributed by atoms with Crippen LogP contribution >= 0.6 is 0 Å². The van der Waals surface area contributed by atoms with E-state index in [1.54, 1.807) is 12.4 Å².